The molecule has 1 N–H and O–H groups in total. The highest BCUT2D eigenvalue weighted by molar-refractivity contribution is 7.91. The molecular weight excluding hydrogens is 224 g/mol. The quantitative estimate of drug-likeness (QED) is 0.747. The molecule has 2 fully saturated rings. The Labute approximate surface area is 89.9 Å². The van der Waals surface area contributed by atoms with Gasteiger partial charge in [-0.3, -0.25) is 4.79 Å². The zero-order chi connectivity index (χ0) is 11.2. The molecule has 2 saturated carbocycles. The Balaban J connectivity index is 1.79. The van der Waals surface area contributed by atoms with Crippen LogP contribution in [-0.4, -0.2) is 21.6 Å². The van der Waals surface area contributed by atoms with Crippen LogP contribution in [0.5, 0.6) is 0 Å². The van der Waals surface area contributed by atoms with Gasteiger partial charge in [0.25, 0.3) is 5.91 Å². The molecule has 2 aliphatic rings. The summed E-state index contributed by atoms with van der Waals surface area (Å²) in [6.45, 7) is 1.82. The van der Waals surface area contributed by atoms with Gasteiger partial charge in [-0.2, -0.15) is 4.72 Å². The predicted molar refractivity (Wildman–Crippen MR) is 51.5 cm³/mol. The molecule has 86 valence electrons. The molecule has 0 aromatic heterocycles. The Kier molecular flexibility index (Phi) is 2.66. The lowest BCUT2D eigenvalue weighted by atomic mass is 10.3. The lowest BCUT2D eigenvalue weighted by Gasteiger charge is -2.16. The Hall–Kier alpha value is -0.360. The van der Waals surface area contributed by atoms with Crippen LogP contribution in [-0.2, 0) is 16.2 Å². The number of hydrogen-bond donors (Lipinski definition) is 1. The minimum atomic E-state index is -2.44. The minimum absolute atomic E-state index is 0.220. The SMILES string of the molecule is CC1([S+]([O-])NC(=O)C2CC2C(F)F)CC1. The fourth-order valence-corrected chi connectivity index (χ4v) is 2.50. The number of hydrogen-bond acceptors (Lipinski definition) is 2. The van der Waals surface area contributed by atoms with E-state index in [1.807, 2.05) is 6.92 Å². The van der Waals surface area contributed by atoms with E-state index in [0.717, 1.165) is 12.8 Å². The van der Waals surface area contributed by atoms with Crippen LogP contribution in [0.15, 0.2) is 0 Å². The number of halogens is 2. The molecule has 2 rings (SSSR count). The van der Waals surface area contributed by atoms with Crippen molar-refractivity contribution < 1.29 is 18.1 Å². The third kappa shape index (κ3) is 2.25. The molecule has 0 spiro atoms. The van der Waals surface area contributed by atoms with Crippen LogP contribution in [0.2, 0.25) is 0 Å². The van der Waals surface area contributed by atoms with Gasteiger partial charge in [0, 0.05) is 18.8 Å². The number of carbonyl (C=O) groups excluding carboxylic acids is 1. The Morgan fingerprint density at radius 2 is 2.20 bits per heavy atom. The first-order valence-corrected chi connectivity index (χ1v) is 6.09. The fourth-order valence-electron chi connectivity index (χ4n) is 1.45. The van der Waals surface area contributed by atoms with Crippen molar-refractivity contribution in [1.82, 2.24) is 4.72 Å². The molecular formula is C9H13F2NO2S. The van der Waals surface area contributed by atoms with E-state index in [1.54, 1.807) is 0 Å². The van der Waals surface area contributed by atoms with Crippen LogP contribution in [0.25, 0.3) is 0 Å². The van der Waals surface area contributed by atoms with Gasteiger partial charge in [-0.15, -0.1) is 0 Å². The minimum Gasteiger partial charge on any atom is -0.593 e. The Morgan fingerprint density at radius 1 is 1.60 bits per heavy atom. The van der Waals surface area contributed by atoms with Crippen molar-refractivity contribution in [2.75, 3.05) is 0 Å². The standard InChI is InChI=1S/C9H13F2NO2S/c1-9(2-3-9)15(14)12-8(13)6-4-5(6)7(10)11/h5-7H,2-4H2,1H3,(H,12,13). The molecule has 0 saturated heterocycles. The average Bonchev–Trinajstić information content (AvgIpc) is 2.96. The summed E-state index contributed by atoms with van der Waals surface area (Å²) in [6.07, 6.45) is -0.575. The van der Waals surface area contributed by atoms with Gasteiger partial charge in [0.1, 0.15) is 4.75 Å². The Bertz CT molecular complexity index is 283. The summed E-state index contributed by atoms with van der Waals surface area (Å²) in [5.41, 5.74) is 0. The zero-order valence-electron chi connectivity index (χ0n) is 8.33. The average molecular weight is 237 g/mol. The number of rotatable bonds is 4. The zero-order valence-corrected chi connectivity index (χ0v) is 9.15. The summed E-state index contributed by atoms with van der Waals surface area (Å²) in [6, 6.07) is 0. The highest BCUT2D eigenvalue weighted by Crippen LogP contribution is 2.45. The summed E-state index contributed by atoms with van der Waals surface area (Å²) in [7, 11) is 0. The number of nitrogens with one attached hydrogen (secondary N) is 1. The van der Waals surface area contributed by atoms with Crippen LogP contribution in [0.1, 0.15) is 26.2 Å². The molecule has 2 aliphatic carbocycles. The highest BCUT2D eigenvalue weighted by atomic mass is 32.2. The molecule has 0 aromatic rings. The van der Waals surface area contributed by atoms with Crippen LogP contribution >= 0.6 is 0 Å². The molecule has 0 aromatic carbocycles. The van der Waals surface area contributed by atoms with E-state index in [9.17, 15) is 18.1 Å². The van der Waals surface area contributed by atoms with Gasteiger partial charge in [-0.1, -0.05) is 0 Å². The maximum atomic E-state index is 12.2. The van der Waals surface area contributed by atoms with Gasteiger partial charge in [0.05, 0.1) is 17.3 Å². The molecule has 0 aliphatic heterocycles. The van der Waals surface area contributed by atoms with Crippen LogP contribution in [0, 0.1) is 11.8 Å². The van der Waals surface area contributed by atoms with Crippen molar-refractivity contribution in [2.24, 2.45) is 11.8 Å². The lowest BCUT2D eigenvalue weighted by molar-refractivity contribution is -0.121. The van der Waals surface area contributed by atoms with E-state index in [4.69, 9.17) is 0 Å². The van der Waals surface area contributed by atoms with E-state index < -0.39 is 35.5 Å². The van der Waals surface area contributed by atoms with Gasteiger partial charge in [0.2, 0.25) is 6.43 Å². The predicted octanol–water partition coefficient (Wildman–Crippen LogP) is 1.22. The second-order valence-corrected chi connectivity index (χ2v) is 6.25. The largest absolute Gasteiger partial charge is 0.593 e. The second kappa shape index (κ2) is 3.59. The molecule has 15 heavy (non-hydrogen) atoms. The van der Waals surface area contributed by atoms with Crippen LogP contribution in [0.3, 0.4) is 0 Å². The van der Waals surface area contributed by atoms with Crippen LogP contribution in [0.4, 0.5) is 8.78 Å². The third-order valence-corrected chi connectivity index (χ3v) is 4.79. The van der Waals surface area contributed by atoms with Crippen molar-refractivity contribution in [3.8, 4) is 0 Å². The molecule has 3 atom stereocenters. The first kappa shape index (κ1) is 11.1. The van der Waals surface area contributed by atoms with E-state index in [0.29, 0.717) is 0 Å². The first-order valence-electron chi connectivity index (χ1n) is 4.94. The van der Waals surface area contributed by atoms with Crippen molar-refractivity contribution in [3.63, 3.8) is 0 Å². The van der Waals surface area contributed by atoms with Gasteiger partial charge in [0.15, 0.2) is 0 Å². The molecule has 0 heterocycles. The summed E-state index contributed by atoms with van der Waals surface area (Å²) in [5, 5.41) is 0. The van der Waals surface area contributed by atoms with E-state index in [1.165, 1.54) is 0 Å². The van der Waals surface area contributed by atoms with Crippen molar-refractivity contribution in [1.29, 1.82) is 0 Å². The van der Waals surface area contributed by atoms with Gasteiger partial charge >= 0.3 is 0 Å². The molecule has 0 bridgehead atoms. The second-order valence-electron chi connectivity index (χ2n) is 4.53. The van der Waals surface area contributed by atoms with Crippen molar-refractivity contribution in [2.45, 2.75) is 37.4 Å². The molecule has 1 amide bonds. The topological polar surface area (TPSA) is 52.2 Å². The molecule has 6 heteroatoms. The summed E-state index contributed by atoms with van der Waals surface area (Å²) < 4.78 is 37.9. The normalized spacial score (nSPS) is 33.7. The fraction of sp³-hybridized carbons (Fsp3) is 0.889. The van der Waals surface area contributed by atoms with Gasteiger partial charge in [-0.05, 0) is 13.3 Å². The summed E-state index contributed by atoms with van der Waals surface area (Å²) in [4.78, 5) is 11.4. The van der Waals surface area contributed by atoms with Gasteiger partial charge < -0.3 is 4.55 Å². The Morgan fingerprint density at radius 3 is 2.60 bits per heavy atom. The monoisotopic (exact) mass is 237 g/mol. The van der Waals surface area contributed by atoms with Crippen LogP contribution < -0.4 is 4.72 Å². The smallest absolute Gasteiger partial charge is 0.264 e. The molecule has 3 nitrogen and oxygen atoms in total. The lowest BCUT2D eigenvalue weighted by Crippen LogP contribution is -2.39. The maximum absolute atomic E-state index is 12.2. The van der Waals surface area contributed by atoms with Crippen molar-refractivity contribution >= 4 is 17.3 Å². The van der Waals surface area contributed by atoms with E-state index in [-0.39, 0.29) is 11.2 Å². The number of amides is 1. The number of carbonyl (C=O) groups is 1. The maximum Gasteiger partial charge on any atom is 0.264 e. The molecule has 0 radical (unpaired) electrons. The highest BCUT2D eigenvalue weighted by Gasteiger charge is 2.54. The van der Waals surface area contributed by atoms with Crippen molar-refractivity contribution in [3.05, 3.63) is 0 Å². The first-order chi connectivity index (χ1) is 6.94. The summed E-state index contributed by atoms with van der Waals surface area (Å²) in [5.74, 6) is -1.93. The van der Waals surface area contributed by atoms with E-state index in [2.05, 4.69) is 4.72 Å². The number of alkyl halides is 2. The van der Waals surface area contributed by atoms with E-state index >= 15 is 0 Å². The third-order valence-electron chi connectivity index (χ3n) is 3.10. The van der Waals surface area contributed by atoms with Gasteiger partial charge in [-0.25, -0.2) is 8.78 Å². The molecule has 3 unspecified atom stereocenters. The summed E-state index contributed by atoms with van der Waals surface area (Å²) >= 11 is -1.41.